The van der Waals surface area contributed by atoms with Gasteiger partial charge in [-0.1, -0.05) is 62.0 Å². The van der Waals surface area contributed by atoms with Crippen molar-refractivity contribution in [2.24, 2.45) is 0 Å². The molecule has 0 saturated heterocycles. The number of carbonyl (C=O) groups is 3. The summed E-state index contributed by atoms with van der Waals surface area (Å²) in [6.45, 7) is 6.23. The fourth-order valence-corrected chi connectivity index (χ4v) is 2.90. The predicted octanol–water partition coefficient (Wildman–Crippen LogP) is 5.36. The van der Waals surface area contributed by atoms with Gasteiger partial charge in [-0.2, -0.15) is 0 Å². The molecule has 6 heteroatoms. The minimum absolute atomic E-state index is 0.215. The molecule has 3 aromatic rings. The highest BCUT2D eigenvalue weighted by atomic mass is 16.6. The fourth-order valence-electron chi connectivity index (χ4n) is 2.90. The molecule has 0 radical (unpaired) electrons. The van der Waals surface area contributed by atoms with Gasteiger partial charge in [0.05, 0.1) is 0 Å². The molecule has 33 heavy (non-hydrogen) atoms. The molecule has 0 aliphatic carbocycles. The van der Waals surface area contributed by atoms with Crippen molar-refractivity contribution in [3.8, 4) is 33.8 Å². The summed E-state index contributed by atoms with van der Waals surface area (Å²) in [4.78, 5) is 34.5. The van der Waals surface area contributed by atoms with E-state index < -0.39 is 18.5 Å². The zero-order valence-corrected chi connectivity index (χ0v) is 18.5. The van der Waals surface area contributed by atoms with Crippen LogP contribution in [0.1, 0.15) is 20.3 Å². The lowest BCUT2D eigenvalue weighted by Crippen LogP contribution is -2.18. The molecule has 0 aromatic heterocycles. The van der Waals surface area contributed by atoms with E-state index in [0.29, 0.717) is 17.9 Å². The summed E-state index contributed by atoms with van der Waals surface area (Å²) < 4.78 is 15.2. The Balaban J connectivity index is 1.60. The number of benzene rings is 3. The number of hydrogen-bond acceptors (Lipinski definition) is 6. The van der Waals surface area contributed by atoms with E-state index in [2.05, 4.69) is 6.58 Å². The maximum Gasteiger partial charge on any atom is 0.349 e. The first kappa shape index (κ1) is 23.5. The van der Waals surface area contributed by atoms with Crippen molar-refractivity contribution in [1.82, 2.24) is 0 Å². The number of hydrogen-bond donors (Lipinski definition) is 0. The Labute approximate surface area is 192 Å². The summed E-state index contributed by atoms with van der Waals surface area (Å²) >= 11 is 0. The highest BCUT2D eigenvalue weighted by Gasteiger charge is 2.10. The highest BCUT2D eigenvalue weighted by Crippen LogP contribution is 2.27. The van der Waals surface area contributed by atoms with Crippen molar-refractivity contribution in [2.45, 2.75) is 20.3 Å². The van der Waals surface area contributed by atoms with Crippen molar-refractivity contribution in [1.29, 1.82) is 0 Å². The molecule has 0 fully saturated rings. The topological polar surface area (TPSA) is 78.9 Å². The van der Waals surface area contributed by atoms with Crippen molar-refractivity contribution < 1.29 is 28.6 Å². The summed E-state index contributed by atoms with van der Waals surface area (Å²) in [5, 5.41) is 0. The van der Waals surface area contributed by atoms with Crippen LogP contribution in [-0.4, -0.2) is 24.5 Å². The van der Waals surface area contributed by atoms with Crippen LogP contribution in [0.2, 0.25) is 0 Å². The summed E-state index contributed by atoms with van der Waals surface area (Å²) in [6.07, 6.45) is 0.331. The lowest BCUT2D eigenvalue weighted by molar-refractivity contribution is -0.150. The smallest absolute Gasteiger partial charge is 0.349 e. The van der Waals surface area contributed by atoms with E-state index in [-0.39, 0.29) is 11.5 Å². The molecule has 168 valence electrons. The number of ether oxygens (including phenoxy) is 3. The molecular weight excluding hydrogens is 420 g/mol. The molecule has 0 spiro atoms. The molecule has 0 bridgehead atoms. The van der Waals surface area contributed by atoms with Crippen LogP contribution in [0, 0.1) is 0 Å². The van der Waals surface area contributed by atoms with Gasteiger partial charge in [0, 0.05) is 12.0 Å². The van der Waals surface area contributed by atoms with Gasteiger partial charge in [-0.3, -0.25) is 4.79 Å². The first-order valence-electron chi connectivity index (χ1n) is 10.4. The van der Waals surface area contributed by atoms with Gasteiger partial charge in [0.2, 0.25) is 0 Å². The zero-order valence-electron chi connectivity index (χ0n) is 18.5. The quantitative estimate of drug-likeness (QED) is 0.264. The third-order valence-electron chi connectivity index (χ3n) is 4.68. The fraction of sp³-hybridized carbons (Fsp3) is 0.148. The third kappa shape index (κ3) is 6.64. The molecule has 0 aliphatic heterocycles. The van der Waals surface area contributed by atoms with Gasteiger partial charge < -0.3 is 14.2 Å². The summed E-state index contributed by atoms with van der Waals surface area (Å²) in [5.74, 6) is -0.689. The van der Waals surface area contributed by atoms with Crippen molar-refractivity contribution in [3.05, 3.63) is 84.9 Å². The molecule has 6 nitrogen and oxygen atoms in total. The number of esters is 3. The molecular formula is C27H24O6. The summed E-state index contributed by atoms with van der Waals surface area (Å²) in [5.41, 5.74) is 4.21. The molecule has 3 rings (SSSR count). The number of carbonyl (C=O) groups excluding carboxylic acids is 3. The standard InChI is InChI=1S/C27H24O6/c1-4-25(28)32-23-13-9-21(10-14-23)19-5-7-20(8-6-19)22-11-15-24(16-12-22)33-26(29)17-31-27(30)18(2)3/h5-16H,2,4,17H2,1,3H3. The van der Waals surface area contributed by atoms with E-state index in [1.54, 1.807) is 31.2 Å². The molecule has 3 aromatic carbocycles. The minimum Gasteiger partial charge on any atom is -0.450 e. The van der Waals surface area contributed by atoms with E-state index in [0.717, 1.165) is 22.3 Å². The molecule has 0 heterocycles. The Bertz CT molecular complexity index is 1140. The zero-order chi connectivity index (χ0) is 23.8. The first-order chi connectivity index (χ1) is 15.9. The molecule has 0 atom stereocenters. The SMILES string of the molecule is C=C(C)C(=O)OCC(=O)Oc1ccc(-c2ccc(-c3ccc(OC(=O)CC)cc3)cc2)cc1. The predicted molar refractivity (Wildman–Crippen MR) is 125 cm³/mol. The van der Waals surface area contributed by atoms with Crippen LogP contribution >= 0.6 is 0 Å². The van der Waals surface area contributed by atoms with Gasteiger partial charge in [-0.15, -0.1) is 0 Å². The second-order valence-electron chi connectivity index (χ2n) is 7.28. The van der Waals surface area contributed by atoms with Gasteiger partial charge in [-0.25, -0.2) is 9.59 Å². The molecule has 0 amide bonds. The van der Waals surface area contributed by atoms with E-state index >= 15 is 0 Å². The largest absolute Gasteiger partial charge is 0.450 e. The van der Waals surface area contributed by atoms with Crippen molar-refractivity contribution in [2.75, 3.05) is 6.61 Å². The van der Waals surface area contributed by atoms with Gasteiger partial charge in [0.1, 0.15) is 11.5 Å². The van der Waals surface area contributed by atoms with Gasteiger partial charge >= 0.3 is 17.9 Å². The summed E-state index contributed by atoms with van der Waals surface area (Å²) in [7, 11) is 0. The molecule has 0 N–H and O–H groups in total. The Kier molecular flexibility index (Phi) is 7.76. The van der Waals surface area contributed by atoms with Crippen LogP contribution in [0.3, 0.4) is 0 Å². The highest BCUT2D eigenvalue weighted by molar-refractivity contribution is 5.88. The second-order valence-corrected chi connectivity index (χ2v) is 7.28. The normalized spacial score (nSPS) is 10.2. The molecule has 0 aliphatic rings. The lowest BCUT2D eigenvalue weighted by atomic mass is 10.0. The Morgan fingerprint density at radius 3 is 1.39 bits per heavy atom. The van der Waals surface area contributed by atoms with E-state index in [1.165, 1.54) is 6.92 Å². The van der Waals surface area contributed by atoms with Gasteiger partial charge in [0.15, 0.2) is 6.61 Å². The van der Waals surface area contributed by atoms with Crippen LogP contribution in [0.5, 0.6) is 11.5 Å². The average molecular weight is 444 g/mol. The summed E-state index contributed by atoms with van der Waals surface area (Å²) in [6, 6.07) is 22.4. The van der Waals surface area contributed by atoms with E-state index in [4.69, 9.17) is 14.2 Å². The van der Waals surface area contributed by atoms with Crippen LogP contribution in [0.15, 0.2) is 84.9 Å². The maximum absolute atomic E-state index is 11.8. The average Bonchev–Trinajstić information content (AvgIpc) is 2.83. The second kappa shape index (κ2) is 10.9. The van der Waals surface area contributed by atoms with Crippen LogP contribution in [-0.2, 0) is 19.1 Å². The molecule has 0 unspecified atom stereocenters. The minimum atomic E-state index is -0.669. The van der Waals surface area contributed by atoms with E-state index in [9.17, 15) is 14.4 Å². The van der Waals surface area contributed by atoms with Crippen LogP contribution in [0.25, 0.3) is 22.3 Å². The van der Waals surface area contributed by atoms with Crippen LogP contribution < -0.4 is 9.47 Å². The Morgan fingerprint density at radius 1 is 0.667 bits per heavy atom. The number of rotatable bonds is 8. The lowest BCUT2D eigenvalue weighted by Gasteiger charge is -2.08. The van der Waals surface area contributed by atoms with Crippen LogP contribution in [0.4, 0.5) is 0 Å². The first-order valence-corrected chi connectivity index (χ1v) is 10.4. The van der Waals surface area contributed by atoms with Gasteiger partial charge in [0.25, 0.3) is 0 Å². The molecule has 0 saturated carbocycles. The maximum atomic E-state index is 11.8. The van der Waals surface area contributed by atoms with E-state index in [1.807, 2.05) is 48.5 Å². The third-order valence-corrected chi connectivity index (χ3v) is 4.68. The van der Waals surface area contributed by atoms with Crippen molar-refractivity contribution >= 4 is 17.9 Å². The monoisotopic (exact) mass is 444 g/mol. The van der Waals surface area contributed by atoms with Crippen molar-refractivity contribution in [3.63, 3.8) is 0 Å². The Morgan fingerprint density at radius 2 is 1.03 bits per heavy atom. The Hall–Kier alpha value is -4.19. The van der Waals surface area contributed by atoms with Gasteiger partial charge in [-0.05, 0) is 53.4 Å².